The van der Waals surface area contributed by atoms with Crippen LogP contribution in [-0.2, 0) is 9.59 Å². The Morgan fingerprint density at radius 1 is 1.21 bits per heavy atom. The predicted octanol–water partition coefficient (Wildman–Crippen LogP) is 4.15. The van der Waals surface area contributed by atoms with E-state index in [0.717, 1.165) is 21.3 Å². The SMILES string of the molecule is COc1ccc(-c2nn3c(c2C)NC(=O)CC3C(=O)Nc2ccc(Br)cc2)cc1. The molecular formula is C21H19BrN4O3. The van der Waals surface area contributed by atoms with Crippen molar-refractivity contribution in [1.82, 2.24) is 9.78 Å². The number of aromatic nitrogens is 2. The van der Waals surface area contributed by atoms with Crippen LogP contribution in [0.15, 0.2) is 53.0 Å². The molecule has 1 aliphatic rings. The lowest BCUT2D eigenvalue weighted by molar-refractivity contribution is -0.125. The second-order valence-electron chi connectivity index (χ2n) is 6.76. The van der Waals surface area contributed by atoms with Crippen LogP contribution in [0.4, 0.5) is 11.5 Å². The summed E-state index contributed by atoms with van der Waals surface area (Å²) in [5.74, 6) is 0.795. The molecule has 0 saturated heterocycles. The third-order valence-electron chi connectivity index (χ3n) is 4.86. The number of anilines is 2. The smallest absolute Gasteiger partial charge is 0.249 e. The zero-order chi connectivity index (χ0) is 20.5. The lowest BCUT2D eigenvalue weighted by atomic mass is 10.1. The molecule has 2 aromatic carbocycles. The molecule has 0 radical (unpaired) electrons. The Bertz CT molecular complexity index is 1070. The first-order valence-electron chi connectivity index (χ1n) is 9.06. The van der Waals surface area contributed by atoms with Crippen molar-refractivity contribution in [2.45, 2.75) is 19.4 Å². The zero-order valence-corrected chi connectivity index (χ0v) is 17.5. The van der Waals surface area contributed by atoms with Gasteiger partial charge in [0.2, 0.25) is 11.8 Å². The molecule has 2 N–H and O–H groups in total. The van der Waals surface area contributed by atoms with E-state index in [1.165, 1.54) is 0 Å². The van der Waals surface area contributed by atoms with Crippen LogP contribution in [0.1, 0.15) is 18.0 Å². The fourth-order valence-electron chi connectivity index (χ4n) is 3.32. The highest BCUT2D eigenvalue weighted by Crippen LogP contribution is 2.35. The average molecular weight is 455 g/mol. The second-order valence-corrected chi connectivity index (χ2v) is 7.68. The third kappa shape index (κ3) is 3.75. The minimum atomic E-state index is -0.729. The van der Waals surface area contributed by atoms with E-state index in [0.29, 0.717) is 17.2 Å². The summed E-state index contributed by atoms with van der Waals surface area (Å²) >= 11 is 3.37. The van der Waals surface area contributed by atoms with E-state index in [-0.39, 0.29) is 18.2 Å². The largest absolute Gasteiger partial charge is 0.497 e. The molecule has 0 saturated carbocycles. The van der Waals surface area contributed by atoms with Crippen LogP contribution >= 0.6 is 15.9 Å². The van der Waals surface area contributed by atoms with Crippen LogP contribution in [-0.4, -0.2) is 28.7 Å². The monoisotopic (exact) mass is 454 g/mol. The maximum Gasteiger partial charge on any atom is 0.249 e. The third-order valence-corrected chi connectivity index (χ3v) is 5.39. The Morgan fingerprint density at radius 3 is 2.55 bits per heavy atom. The zero-order valence-electron chi connectivity index (χ0n) is 15.9. The summed E-state index contributed by atoms with van der Waals surface area (Å²) in [7, 11) is 1.61. The number of nitrogens with one attached hydrogen (secondary N) is 2. The molecule has 3 aromatic rings. The first-order valence-corrected chi connectivity index (χ1v) is 9.85. The summed E-state index contributed by atoms with van der Waals surface area (Å²) in [5.41, 5.74) is 3.06. The van der Waals surface area contributed by atoms with Gasteiger partial charge in [0.1, 0.15) is 17.6 Å². The van der Waals surface area contributed by atoms with E-state index >= 15 is 0 Å². The normalized spacial score (nSPS) is 15.4. The fraction of sp³-hybridized carbons (Fsp3) is 0.190. The van der Waals surface area contributed by atoms with Crippen molar-refractivity contribution >= 4 is 39.2 Å². The van der Waals surface area contributed by atoms with E-state index in [1.54, 1.807) is 23.9 Å². The van der Waals surface area contributed by atoms with Crippen molar-refractivity contribution in [1.29, 1.82) is 0 Å². The first kappa shape index (κ1) is 19.2. The van der Waals surface area contributed by atoms with Gasteiger partial charge in [0.05, 0.1) is 19.2 Å². The number of carbonyl (C=O) groups excluding carboxylic acids is 2. The van der Waals surface area contributed by atoms with Crippen molar-refractivity contribution in [3.05, 3.63) is 58.6 Å². The second kappa shape index (κ2) is 7.71. The molecule has 0 bridgehead atoms. The van der Waals surface area contributed by atoms with Crippen LogP contribution in [0.25, 0.3) is 11.3 Å². The summed E-state index contributed by atoms with van der Waals surface area (Å²) in [5, 5.41) is 10.4. The van der Waals surface area contributed by atoms with Crippen LogP contribution < -0.4 is 15.4 Å². The van der Waals surface area contributed by atoms with E-state index < -0.39 is 6.04 Å². The molecule has 1 unspecified atom stereocenters. The predicted molar refractivity (Wildman–Crippen MR) is 114 cm³/mol. The van der Waals surface area contributed by atoms with Crippen LogP contribution in [0.2, 0.25) is 0 Å². The van der Waals surface area contributed by atoms with Crippen molar-refractivity contribution in [3.8, 4) is 17.0 Å². The van der Waals surface area contributed by atoms with Gasteiger partial charge in [-0.3, -0.25) is 9.59 Å². The van der Waals surface area contributed by atoms with Gasteiger partial charge in [0.25, 0.3) is 0 Å². The van der Waals surface area contributed by atoms with Gasteiger partial charge < -0.3 is 15.4 Å². The van der Waals surface area contributed by atoms with Gasteiger partial charge in [-0.15, -0.1) is 0 Å². The van der Waals surface area contributed by atoms with E-state index in [4.69, 9.17) is 4.74 Å². The number of rotatable bonds is 4. The molecule has 8 heteroatoms. The fourth-order valence-corrected chi connectivity index (χ4v) is 3.59. The lowest BCUT2D eigenvalue weighted by Gasteiger charge is -2.24. The van der Waals surface area contributed by atoms with Gasteiger partial charge in [-0.05, 0) is 55.5 Å². The van der Waals surface area contributed by atoms with E-state index in [2.05, 4.69) is 31.7 Å². The Labute approximate surface area is 176 Å². The summed E-state index contributed by atoms with van der Waals surface area (Å²) in [6.07, 6.45) is 0.0263. The molecule has 2 heterocycles. The standard InChI is InChI=1S/C21H19BrN4O3/c1-12-19(13-3-9-16(29-2)10-4-13)25-26-17(11-18(27)24-20(12)26)21(28)23-15-7-5-14(22)6-8-15/h3-10,17H,11H2,1-2H3,(H,23,28)(H,24,27). The molecule has 4 rings (SSSR count). The van der Waals surface area contributed by atoms with Crippen molar-refractivity contribution in [2.75, 3.05) is 17.7 Å². The number of amides is 2. The molecule has 29 heavy (non-hydrogen) atoms. The van der Waals surface area contributed by atoms with Crippen LogP contribution in [0.3, 0.4) is 0 Å². The number of methoxy groups -OCH3 is 1. The highest BCUT2D eigenvalue weighted by atomic mass is 79.9. The molecule has 7 nitrogen and oxygen atoms in total. The van der Waals surface area contributed by atoms with Crippen molar-refractivity contribution in [3.63, 3.8) is 0 Å². The summed E-state index contributed by atoms with van der Waals surface area (Å²) in [6, 6.07) is 14.0. The summed E-state index contributed by atoms with van der Waals surface area (Å²) < 4.78 is 7.72. The molecule has 2 amide bonds. The Kier molecular flexibility index (Phi) is 5.10. The van der Waals surface area contributed by atoms with Gasteiger partial charge in [0.15, 0.2) is 0 Å². The number of hydrogen-bond acceptors (Lipinski definition) is 4. The van der Waals surface area contributed by atoms with Gasteiger partial charge >= 0.3 is 0 Å². The number of carbonyl (C=O) groups is 2. The van der Waals surface area contributed by atoms with Crippen molar-refractivity contribution in [2.24, 2.45) is 0 Å². The number of hydrogen-bond donors (Lipinski definition) is 2. The topological polar surface area (TPSA) is 85.2 Å². The molecule has 0 spiro atoms. The van der Waals surface area contributed by atoms with Crippen LogP contribution in [0.5, 0.6) is 5.75 Å². The number of ether oxygens (including phenoxy) is 1. The van der Waals surface area contributed by atoms with Gasteiger partial charge in [0, 0.05) is 21.3 Å². The quantitative estimate of drug-likeness (QED) is 0.619. The number of benzene rings is 2. The molecule has 148 valence electrons. The van der Waals surface area contributed by atoms with E-state index in [9.17, 15) is 9.59 Å². The Hall–Kier alpha value is -3.13. The van der Waals surface area contributed by atoms with Crippen LogP contribution in [0, 0.1) is 6.92 Å². The average Bonchev–Trinajstić information content (AvgIpc) is 3.05. The van der Waals surface area contributed by atoms with Crippen molar-refractivity contribution < 1.29 is 14.3 Å². The molecule has 0 fully saturated rings. The molecule has 0 aliphatic carbocycles. The molecule has 1 aromatic heterocycles. The summed E-state index contributed by atoms with van der Waals surface area (Å²) in [4.78, 5) is 25.2. The lowest BCUT2D eigenvalue weighted by Crippen LogP contribution is -2.35. The Balaban J connectivity index is 1.67. The minimum Gasteiger partial charge on any atom is -0.497 e. The maximum absolute atomic E-state index is 12.9. The minimum absolute atomic E-state index is 0.0263. The number of halogens is 1. The summed E-state index contributed by atoms with van der Waals surface area (Å²) in [6.45, 7) is 1.88. The van der Waals surface area contributed by atoms with Gasteiger partial charge in [-0.2, -0.15) is 5.10 Å². The maximum atomic E-state index is 12.9. The Morgan fingerprint density at radius 2 is 1.90 bits per heavy atom. The number of fused-ring (bicyclic) bond motifs is 1. The highest BCUT2D eigenvalue weighted by molar-refractivity contribution is 9.10. The first-order chi connectivity index (χ1) is 14.0. The highest BCUT2D eigenvalue weighted by Gasteiger charge is 2.34. The molecular weight excluding hydrogens is 436 g/mol. The van der Waals surface area contributed by atoms with E-state index in [1.807, 2.05) is 43.3 Å². The molecule has 1 atom stereocenters. The van der Waals surface area contributed by atoms with Gasteiger partial charge in [-0.1, -0.05) is 15.9 Å². The number of nitrogens with zero attached hydrogens (tertiary/aromatic N) is 2. The molecule has 1 aliphatic heterocycles. The van der Waals surface area contributed by atoms with Gasteiger partial charge in [-0.25, -0.2) is 4.68 Å².